The van der Waals surface area contributed by atoms with Gasteiger partial charge < -0.3 is 19.8 Å². The van der Waals surface area contributed by atoms with E-state index in [4.69, 9.17) is 0 Å². The molecule has 0 heterocycles. The molecule has 0 spiro atoms. The molecule has 0 N–H and O–H groups in total. The molecule has 0 saturated carbocycles. The van der Waals surface area contributed by atoms with Crippen LogP contribution in [0.4, 0.5) is 0 Å². The molecule has 9 heteroatoms. The van der Waals surface area contributed by atoms with E-state index < -0.39 is 11.9 Å². The Kier molecular flexibility index (Phi) is 38.8. The van der Waals surface area contributed by atoms with Gasteiger partial charge in [-0.2, -0.15) is 0 Å². The van der Waals surface area contributed by atoms with Crippen molar-refractivity contribution in [2.24, 2.45) is 0 Å². The maximum atomic E-state index is 10.7. The third-order valence-corrected chi connectivity index (χ3v) is 12.5. The Balaban J connectivity index is -0.000000453. The van der Waals surface area contributed by atoms with Gasteiger partial charge in [0.25, 0.3) is 0 Å². The number of carboxylic acids is 2. The quantitative estimate of drug-likeness (QED) is 0.0929. The Morgan fingerprint density at radius 1 is 0.576 bits per heavy atom. The average Bonchev–Trinajstić information content (AvgIpc) is 2.78. The van der Waals surface area contributed by atoms with Gasteiger partial charge in [0.15, 0.2) is 0 Å². The minimum absolute atomic E-state index is 0.218. The van der Waals surface area contributed by atoms with Gasteiger partial charge >= 0.3 is 43.9 Å². The first-order valence-electron chi connectivity index (χ1n) is 12.4. The Morgan fingerprint density at radius 3 is 0.939 bits per heavy atom. The maximum absolute atomic E-state index is 10.7. The van der Waals surface area contributed by atoms with E-state index in [0.717, 1.165) is 74.4 Å². The number of thioether (sulfide) groups is 4. The zero-order valence-corrected chi connectivity index (χ0v) is 27.9. The van der Waals surface area contributed by atoms with Gasteiger partial charge in [0.05, 0.1) is 21.1 Å². The van der Waals surface area contributed by atoms with Crippen LogP contribution in [-0.2, 0) is 9.59 Å². The summed E-state index contributed by atoms with van der Waals surface area (Å²) in [4.78, 5) is 21.5. The van der Waals surface area contributed by atoms with Crippen molar-refractivity contribution in [1.29, 1.82) is 0 Å². The first kappa shape index (κ1) is 38.7. The summed E-state index contributed by atoms with van der Waals surface area (Å²) in [6, 6.07) is 0. The molecule has 0 bridgehead atoms. The van der Waals surface area contributed by atoms with Crippen LogP contribution in [0.5, 0.6) is 0 Å². The molecule has 196 valence electrons. The number of hydrogen-bond acceptors (Lipinski definition) is 8. The van der Waals surface area contributed by atoms with E-state index in [1.165, 1.54) is 55.9 Å². The zero-order chi connectivity index (χ0) is 25.7. The number of carbonyl (C=O) groups is 2. The van der Waals surface area contributed by atoms with Gasteiger partial charge in [-0.05, 0) is 48.7 Å². The van der Waals surface area contributed by atoms with E-state index in [9.17, 15) is 19.8 Å². The van der Waals surface area contributed by atoms with Crippen molar-refractivity contribution in [2.75, 3.05) is 23.0 Å². The Labute approximate surface area is 232 Å². The van der Waals surface area contributed by atoms with Crippen LogP contribution in [0.3, 0.4) is 0 Å². The van der Waals surface area contributed by atoms with Crippen LogP contribution in [0.2, 0.25) is 8.87 Å². The summed E-state index contributed by atoms with van der Waals surface area (Å²) in [7, 11) is 0. The van der Waals surface area contributed by atoms with E-state index >= 15 is 0 Å². The van der Waals surface area contributed by atoms with Crippen molar-refractivity contribution >= 4 is 80.1 Å². The number of unbranched alkanes of at least 4 members (excludes halogenated alkanes) is 4. The predicted molar refractivity (Wildman–Crippen MR) is 154 cm³/mol. The number of carbonyl (C=O) groups excluding carboxylic acids is 2. The van der Waals surface area contributed by atoms with Gasteiger partial charge in [-0.25, -0.2) is 0 Å². The molecule has 0 aromatic carbocycles. The SMILES string of the molecule is CCCCSC(SCCCC)C(=O)[O-].CCCCSC(SCCCC)C(=O)[O-].C[CH2][Sn+2][CH2]C. The molecule has 0 aliphatic carbocycles. The van der Waals surface area contributed by atoms with Gasteiger partial charge in [0, 0.05) is 0 Å². The third-order valence-electron chi connectivity index (χ3n) is 3.95. The van der Waals surface area contributed by atoms with Crippen LogP contribution < -0.4 is 10.2 Å². The zero-order valence-electron chi connectivity index (χ0n) is 21.8. The molecular formula is C24H48O4S4Sn. The summed E-state index contributed by atoms with van der Waals surface area (Å²) in [6.07, 6.45) is 8.81. The summed E-state index contributed by atoms with van der Waals surface area (Å²) in [5.41, 5.74) is 0. The van der Waals surface area contributed by atoms with E-state index in [1.807, 2.05) is 0 Å². The Bertz CT molecular complexity index is 362. The second kappa shape index (κ2) is 33.1. The molecule has 0 aliphatic rings. The van der Waals surface area contributed by atoms with E-state index in [-0.39, 0.29) is 30.3 Å². The summed E-state index contributed by atoms with van der Waals surface area (Å²) in [5.74, 6) is 1.85. The first-order chi connectivity index (χ1) is 15.9. The summed E-state index contributed by atoms with van der Waals surface area (Å²) < 4.78 is 2.29. The van der Waals surface area contributed by atoms with E-state index in [1.54, 1.807) is 0 Å². The van der Waals surface area contributed by atoms with Crippen LogP contribution in [0, 0.1) is 0 Å². The van der Waals surface area contributed by atoms with Crippen LogP contribution >= 0.6 is 47.0 Å². The molecule has 0 aromatic rings. The van der Waals surface area contributed by atoms with Crippen LogP contribution in [0.15, 0.2) is 0 Å². The molecule has 0 rings (SSSR count). The second-order valence-corrected chi connectivity index (χ2v) is 18.1. The van der Waals surface area contributed by atoms with Crippen LogP contribution in [-0.4, -0.2) is 65.3 Å². The van der Waals surface area contributed by atoms with Crippen molar-refractivity contribution in [3.8, 4) is 0 Å². The fourth-order valence-corrected chi connectivity index (χ4v) is 8.53. The number of carboxylic acid groups (broad SMARTS) is 2. The molecule has 0 radical (unpaired) electrons. The topological polar surface area (TPSA) is 80.3 Å². The van der Waals surface area contributed by atoms with Crippen LogP contribution in [0.1, 0.15) is 92.9 Å². The Hall–Kier alpha value is 1.14. The first-order valence-corrected chi connectivity index (χ1v) is 20.7. The molecule has 33 heavy (non-hydrogen) atoms. The molecule has 0 atom stereocenters. The van der Waals surface area contributed by atoms with Gasteiger partial charge in [-0.1, -0.05) is 53.4 Å². The van der Waals surface area contributed by atoms with Crippen LogP contribution in [0.25, 0.3) is 0 Å². The normalized spacial score (nSPS) is 10.2. The molecule has 0 aliphatic heterocycles. The second-order valence-electron chi connectivity index (χ2n) is 7.16. The third kappa shape index (κ3) is 33.1. The molecule has 0 saturated heterocycles. The van der Waals surface area contributed by atoms with Crippen molar-refractivity contribution in [3.05, 3.63) is 0 Å². The summed E-state index contributed by atoms with van der Waals surface area (Å²) >= 11 is 6.24. The average molecular weight is 648 g/mol. The molecule has 0 aromatic heterocycles. The fraction of sp³-hybridized carbons (Fsp3) is 0.917. The fourth-order valence-electron chi connectivity index (χ4n) is 1.96. The molecule has 4 nitrogen and oxygen atoms in total. The standard InChI is InChI=1S/2C10H20O2S2.2C2H5.Sn/c2*1-3-5-7-13-10(9(11)12)14-8-6-4-2;2*1-2;/h2*10H,3-8H2,1-2H3,(H,11,12);2*1H2,2H3;/q;;;;+2/p-2. The summed E-state index contributed by atoms with van der Waals surface area (Å²) in [6.45, 7) is 13.0. The number of aliphatic carboxylic acids is 2. The van der Waals surface area contributed by atoms with E-state index in [2.05, 4.69) is 41.5 Å². The van der Waals surface area contributed by atoms with Crippen molar-refractivity contribution in [2.45, 2.75) is 111 Å². The molecule has 0 unspecified atom stereocenters. The predicted octanol–water partition coefficient (Wildman–Crippen LogP) is 5.83. The monoisotopic (exact) mass is 648 g/mol. The van der Waals surface area contributed by atoms with Crippen molar-refractivity contribution in [1.82, 2.24) is 0 Å². The Morgan fingerprint density at radius 2 is 0.818 bits per heavy atom. The van der Waals surface area contributed by atoms with Crippen molar-refractivity contribution in [3.63, 3.8) is 0 Å². The van der Waals surface area contributed by atoms with Gasteiger partial charge in [-0.15, -0.1) is 47.0 Å². The van der Waals surface area contributed by atoms with E-state index in [0.29, 0.717) is 0 Å². The van der Waals surface area contributed by atoms with Gasteiger partial charge in [0.1, 0.15) is 0 Å². The van der Waals surface area contributed by atoms with Crippen molar-refractivity contribution < 1.29 is 19.8 Å². The van der Waals surface area contributed by atoms with Gasteiger partial charge in [-0.3, -0.25) is 0 Å². The number of rotatable bonds is 20. The molecular weight excluding hydrogens is 599 g/mol. The summed E-state index contributed by atoms with van der Waals surface area (Å²) in [5, 5.41) is 21.5. The number of hydrogen-bond donors (Lipinski definition) is 0. The molecule has 0 amide bonds. The van der Waals surface area contributed by atoms with Gasteiger partial charge in [0.2, 0.25) is 0 Å². The minimum atomic E-state index is -0.924. The molecule has 0 fully saturated rings.